The molecule has 0 radical (unpaired) electrons. The lowest BCUT2D eigenvalue weighted by molar-refractivity contribution is 0.622. The predicted octanol–water partition coefficient (Wildman–Crippen LogP) is 3.68. The molecule has 90 valence electrons. The summed E-state index contributed by atoms with van der Waals surface area (Å²) in [6.07, 6.45) is 5.61. The molecule has 0 fully saturated rings. The van der Waals surface area contributed by atoms with Gasteiger partial charge in [-0.3, -0.25) is 0 Å². The van der Waals surface area contributed by atoms with E-state index >= 15 is 0 Å². The maximum atomic E-state index is 13.3. The van der Waals surface area contributed by atoms with Crippen molar-refractivity contribution in [3.63, 3.8) is 0 Å². The third-order valence-corrected chi connectivity index (χ3v) is 3.07. The summed E-state index contributed by atoms with van der Waals surface area (Å²) in [5.74, 6) is 0.633. The Morgan fingerprint density at radius 1 is 1.41 bits per heavy atom. The van der Waals surface area contributed by atoms with Gasteiger partial charge >= 0.3 is 0 Å². The Morgan fingerprint density at radius 2 is 2.24 bits per heavy atom. The van der Waals surface area contributed by atoms with Gasteiger partial charge in [0.05, 0.1) is 11.6 Å². The highest BCUT2D eigenvalue weighted by Gasteiger charge is 2.08. The quantitative estimate of drug-likeness (QED) is 0.812. The van der Waals surface area contributed by atoms with Crippen molar-refractivity contribution in [1.82, 2.24) is 9.55 Å². The van der Waals surface area contributed by atoms with E-state index in [1.165, 1.54) is 6.07 Å². The summed E-state index contributed by atoms with van der Waals surface area (Å²) in [5.41, 5.74) is 0.780. The zero-order chi connectivity index (χ0) is 12.3. The Kier molecular flexibility index (Phi) is 3.79. The van der Waals surface area contributed by atoms with Gasteiger partial charge in [0.25, 0.3) is 0 Å². The summed E-state index contributed by atoms with van der Waals surface area (Å²) in [5, 5.41) is 0.198. The van der Waals surface area contributed by atoms with E-state index in [-0.39, 0.29) is 10.8 Å². The first-order valence-electron chi connectivity index (χ1n) is 5.65. The van der Waals surface area contributed by atoms with E-state index in [4.69, 9.17) is 11.6 Å². The smallest absolute Gasteiger partial charge is 0.142 e. The number of benzene rings is 1. The Hall–Kier alpha value is -1.35. The Labute approximate surface area is 105 Å². The van der Waals surface area contributed by atoms with Crippen LogP contribution in [-0.4, -0.2) is 9.55 Å². The molecule has 0 aliphatic rings. The first-order chi connectivity index (χ1) is 8.22. The van der Waals surface area contributed by atoms with Gasteiger partial charge in [0.1, 0.15) is 11.6 Å². The van der Waals surface area contributed by atoms with Crippen LogP contribution in [0.5, 0.6) is 0 Å². The van der Waals surface area contributed by atoms with Crippen molar-refractivity contribution >= 4 is 11.6 Å². The molecule has 0 bridgehead atoms. The average Bonchev–Trinajstić information content (AvgIpc) is 2.73. The molecule has 4 heteroatoms. The summed E-state index contributed by atoms with van der Waals surface area (Å²) < 4.78 is 15.3. The van der Waals surface area contributed by atoms with Crippen molar-refractivity contribution in [3.05, 3.63) is 52.8 Å². The second kappa shape index (κ2) is 5.32. The molecule has 0 amide bonds. The highest BCUT2D eigenvalue weighted by atomic mass is 35.5. The van der Waals surface area contributed by atoms with E-state index < -0.39 is 0 Å². The molecule has 0 aliphatic heterocycles. The molecule has 17 heavy (non-hydrogen) atoms. The maximum absolute atomic E-state index is 13.3. The van der Waals surface area contributed by atoms with Crippen molar-refractivity contribution in [3.8, 4) is 0 Å². The van der Waals surface area contributed by atoms with Gasteiger partial charge in [-0.25, -0.2) is 9.37 Å². The van der Waals surface area contributed by atoms with Crippen LogP contribution in [0.1, 0.15) is 24.7 Å². The van der Waals surface area contributed by atoms with Crippen molar-refractivity contribution in [2.24, 2.45) is 0 Å². The van der Waals surface area contributed by atoms with E-state index in [0.29, 0.717) is 6.54 Å². The van der Waals surface area contributed by atoms with Crippen LogP contribution in [0.4, 0.5) is 4.39 Å². The number of imidazole rings is 1. The number of aryl methyl sites for hydroxylation is 1. The molecule has 0 aliphatic carbocycles. The molecule has 0 atom stereocenters. The van der Waals surface area contributed by atoms with Crippen LogP contribution < -0.4 is 0 Å². The Morgan fingerprint density at radius 3 is 3.00 bits per heavy atom. The van der Waals surface area contributed by atoms with Gasteiger partial charge in [0.15, 0.2) is 0 Å². The summed E-state index contributed by atoms with van der Waals surface area (Å²) in [7, 11) is 0. The number of nitrogens with zero attached hydrogens (tertiary/aromatic N) is 2. The summed E-state index contributed by atoms with van der Waals surface area (Å²) in [6.45, 7) is 2.67. The molecule has 1 heterocycles. The van der Waals surface area contributed by atoms with Gasteiger partial charge in [-0.05, 0) is 18.1 Å². The van der Waals surface area contributed by atoms with Crippen LogP contribution >= 0.6 is 11.6 Å². The second-order valence-electron chi connectivity index (χ2n) is 3.93. The molecule has 2 aromatic rings. The van der Waals surface area contributed by atoms with Crippen LogP contribution in [0.15, 0.2) is 30.6 Å². The van der Waals surface area contributed by atoms with Crippen LogP contribution in [0.2, 0.25) is 5.02 Å². The normalized spacial score (nSPS) is 10.8. The first kappa shape index (κ1) is 12.1. The zero-order valence-corrected chi connectivity index (χ0v) is 10.4. The molecule has 0 N–H and O–H groups in total. The fraction of sp³-hybridized carbons (Fsp3) is 0.308. The van der Waals surface area contributed by atoms with Gasteiger partial charge in [-0.15, -0.1) is 0 Å². The molecule has 0 saturated carbocycles. The van der Waals surface area contributed by atoms with Crippen LogP contribution in [0.3, 0.4) is 0 Å². The maximum Gasteiger partial charge on any atom is 0.142 e. The van der Waals surface area contributed by atoms with Crippen molar-refractivity contribution in [1.29, 1.82) is 0 Å². The van der Waals surface area contributed by atoms with E-state index in [1.807, 2.05) is 16.8 Å². The molecule has 2 rings (SSSR count). The predicted molar refractivity (Wildman–Crippen MR) is 66.7 cm³/mol. The number of hydrogen-bond acceptors (Lipinski definition) is 1. The number of hydrogen-bond donors (Lipinski definition) is 0. The molecule has 0 unspecified atom stereocenters. The van der Waals surface area contributed by atoms with E-state index in [0.717, 1.165) is 24.2 Å². The second-order valence-corrected chi connectivity index (χ2v) is 4.31. The van der Waals surface area contributed by atoms with Gasteiger partial charge in [0.2, 0.25) is 0 Å². The largest absolute Gasteiger partial charge is 0.330 e. The standard InChI is InChI=1S/C13H14ClFN2/c1-2-4-12-16-7-8-17(12)9-10-5-3-6-11(15)13(10)14/h3,5-8H,2,4,9H2,1H3. The fourth-order valence-corrected chi connectivity index (χ4v) is 1.98. The number of halogens is 2. The lowest BCUT2D eigenvalue weighted by Crippen LogP contribution is -2.05. The minimum Gasteiger partial charge on any atom is -0.330 e. The topological polar surface area (TPSA) is 17.8 Å². The molecule has 0 saturated heterocycles. The average molecular weight is 253 g/mol. The lowest BCUT2D eigenvalue weighted by Gasteiger charge is -2.09. The van der Waals surface area contributed by atoms with E-state index in [1.54, 1.807) is 12.3 Å². The van der Waals surface area contributed by atoms with Crippen LogP contribution in [0.25, 0.3) is 0 Å². The van der Waals surface area contributed by atoms with Crippen LogP contribution in [0, 0.1) is 5.82 Å². The summed E-state index contributed by atoms with van der Waals surface area (Å²) in [6, 6.07) is 4.88. The van der Waals surface area contributed by atoms with Gasteiger partial charge in [0, 0.05) is 18.8 Å². The minimum absolute atomic E-state index is 0.198. The molecule has 0 spiro atoms. The van der Waals surface area contributed by atoms with Crippen molar-refractivity contribution < 1.29 is 4.39 Å². The highest BCUT2D eigenvalue weighted by Crippen LogP contribution is 2.21. The SMILES string of the molecule is CCCc1nccn1Cc1cccc(F)c1Cl. The third-order valence-electron chi connectivity index (χ3n) is 2.65. The minimum atomic E-state index is -0.374. The third kappa shape index (κ3) is 2.67. The zero-order valence-electron chi connectivity index (χ0n) is 9.66. The van der Waals surface area contributed by atoms with Crippen LogP contribution in [-0.2, 0) is 13.0 Å². The fourth-order valence-electron chi connectivity index (χ4n) is 1.79. The van der Waals surface area contributed by atoms with Gasteiger partial charge in [-0.1, -0.05) is 30.7 Å². The summed E-state index contributed by atoms with van der Waals surface area (Å²) >= 11 is 5.93. The van der Waals surface area contributed by atoms with E-state index in [2.05, 4.69) is 11.9 Å². The molecule has 1 aromatic carbocycles. The van der Waals surface area contributed by atoms with Crippen molar-refractivity contribution in [2.75, 3.05) is 0 Å². The molecule has 2 nitrogen and oxygen atoms in total. The Balaban J connectivity index is 2.25. The monoisotopic (exact) mass is 252 g/mol. The van der Waals surface area contributed by atoms with Crippen molar-refractivity contribution in [2.45, 2.75) is 26.3 Å². The Bertz CT molecular complexity index is 508. The number of rotatable bonds is 4. The molecular formula is C13H14ClFN2. The number of aromatic nitrogens is 2. The van der Waals surface area contributed by atoms with Gasteiger partial charge in [-0.2, -0.15) is 0 Å². The van der Waals surface area contributed by atoms with Gasteiger partial charge < -0.3 is 4.57 Å². The molecular weight excluding hydrogens is 239 g/mol. The lowest BCUT2D eigenvalue weighted by atomic mass is 10.2. The molecule has 1 aromatic heterocycles. The van der Waals surface area contributed by atoms with E-state index in [9.17, 15) is 4.39 Å². The summed E-state index contributed by atoms with van der Waals surface area (Å²) in [4.78, 5) is 4.28. The first-order valence-corrected chi connectivity index (χ1v) is 6.03. The highest BCUT2D eigenvalue weighted by molar-refractivity contribution is 6.31.